The maximum absolute atomic E-state index is 12.9. The molecule has 3 N–H and O–H groups in total. The number of halogens is 1. The molecular formula is C20H18FN3O3S. The maximum atomic E-state index is 12.9. The smallest absolute Gasteiger partial charge is 0.262 e. The van der Waals surface area contributed by atoms with Gasteiger partial charge in [-0.2, -0.15) is 0 Å². The van der Waals surface area contributed by atoms with Crippen LogP contribution in [-0.4, -0.2) is 27.1 Å². The van der Waals surface area contributed by atoms with Gasteiger partial charge in [-0.15, -0.1) is 6.58 Å². The number of rotatable bonds is 6. The van der Waals surface area contributed by atoms with Crippen LogP contribution in [0.1, 0.15) is 22.0 Å². The lowest BCUT2D eigenvalue weighted by atomic mass is 10.1. The molecule has 0 aliphatic rings. The van der Waals surface area contributed by atoms with Crippen LogP contribution in [0.2, 0.25) is 0 Å². The van der Waals surface area contributed by atoms with E-state index in [-0.39, 0.29) is 23.4 Å². The molecule has 0 aliphatic heterocycles. The highest BCUT2D eigenvalue weighted by molar-refractivity contribution is 7.71. The SMILES string of the molecule is C=CCn1c(=S)[nH]c2cc(C(=O)NCC(O)c3ccc(F)cc3)ccc2c1=O. The predicted molar refractivity (Wildman–Crippen MR) is 107 cm³/mol. The Morgan fingerprint density at radius 1 is 1.32 bits per heavy atom. The Hall–Kier alpha value is -3.10. The third kappa shape index (κ3) is 4.08. The van der Waals surface area contributed by atoms with Gasteiger partial charge in [-0.25, -0.2) is 4.39 Å². The molecule has 0 spiro atoms. The van der Waals surface area contributed by atoms with Crippen LogP contribution in [0.4, 0.5) is 4.39 Å². The normalized spacial score (nSPS) is 11.9. The molecule has 1 unspecified atom stereocenters. The van der Waals surface area contributed by atoms with E-state index in [0.717, 1.165) is 0 Å². The van der Waals surface area contributed by atoms with Crippen molar-refractivity contribution in [1.82, 2.24) is 14.9 Å². The molecule has 6 nitrogen and oxygen atoms in total. The number of carbonyl (C=O) groups is 1. The van der Waals surface area contributed by atoms with Gasteiger partial charge in [0.1, 0.15) is 5.82 Å². The second-order valence-electron chi connectivity index (χ2n) is 6.17. The molecule has 28 heavy (non-hydrogen) atoms. The van der Waals surface area contributed by atoms with E-state index in [1.165, 1.54) is 41.0 Å². The first-order valence-electron chi connectivity index (χ1n) is 8.50. The van der Waals surface area contributed by atoms with Gasteiger partial charge in [0.25, 0.3) is 11.5 Å². The highest BCUT2D eigenvalue weighted by Crippen LogP contribution is 2.14. The summed E-state index contributed by atoms with van der Waals surface area (Å²) in [5.41, 5.74) is 0.983. The summed E-state index contributed by atoms with van der Waals surface area (Å²) >= 11 is 5.19. The van der Waals surface area contributed by atoms with Crippen molar-refractivity contribution in [3.05, 3.63) is 87.2 Å². The zero-order valence-electron chi connectivity index (χ0n) is 14.8. The largest absolute Gasteiger partial charge is 0.387 e. The van der Waals surface area contributed by atoms with Gasteiger partial charge in [0.05, 0.1) is 17.0 Å². The standard InChI is InChI=1S/C20H18FN3O3S/c1-2-9-24-19(27)15-8-5-13(10-16(15)23-20(24)28)18(26)22-11-17(25)12-3-6-14(21)7-4-12/h2-8,10,17,25H,1,9,11H2,(H,22,26)(H,23,28). The van der Waals surface area contributed by atoms with Gasteiger partial charge in [0, 0.05) is 18.7 Å². The molecule has 1 aromatic heterocycles. The summed E-state index contributed by atoms with van der Waals surface area (Å²) in [6.07, 6.45) is 0.604. The number of aliphatic hydroxyl groups excluding tert-OH is 1. The molecule has 0 radical (unpaired) electrons. The molecule has 8 heteroatoms. The zero-order valence-corrected chi connectivity index (χ0v) is 15.6. The molecule has 0 aliphatic carbocycles. The summed E-state index contributed by atoms with van der Waals surface area (Å²) in [6, 6.07) is 10.00. The molecule has 3 rings (SSSR count). The molecule has 1 heterocycles. The van der Waals surface area contributed by atoms with E-state index < -0.39 is 17.8 Å². The number of aromatic nitrogens is 2. The molecule has 0 saturated heterocycles. The fourth-order valence-electron chi connectivity index (χ4n) is 2.78. The average Bonchev–Trinajstić information content (AvgIpc) is 2.69. The van der Waals surface area contributed by atoms with Gasteiger partial charge < -0.3 is 15.4 Å². The summed E-state index contributed by atoms with van der Waals surface area (Å²) in [5.74, 6) is -0.821. The molecule has 1 amide bonds. The number of nitrogens with one attached hydrogen (secondary N) is 2. The molecule has 1 atom stereocenters. The first-order valence-corrected chi connectivity index (χ1v) is 8.91. The minimum atomic E-state index is -0.970. The van der Waals surface area contributed by atoms with Crippen LogP contribution < -0.4 is 10.9 Å². The number of hydrogen-bond acceptors (Lipinski definition) is 4. The number of aromatic amines is 1. The molecule has 3 aromatic rings. The quantitative estimate of drug-likeness (QED) is 0.439. The number of hydrogen-bond donors (Lipinski definition) is 3. The van der Waals surface area contributed by atoms with E-state index in [9.17, 15) is 19.1 Å². The number of benzene rings is 2. The third-order valence-electron chi connectivity index (χ3n) is 4.27. The molecule has 144 valence electrons. The fraction of sp³-hybridized carbons (Fsp3) is 0.150. The van der Waals surface area contributed by atoms with Crippen molar-refractivity contribution in [1.29, 1.82) is 0 Å². The van der Waals surface area contributed by atoms with Crippen LogP contribution in [0.3, 0.4) is 0 Å². The Balaban J connectivity index is 1.79. The second-order valence-corrected chi connectivity index (χ2v) is 6.56. The minimum absolute atomic E-state index is 0.0422. The monoisotopic (exact) mass is 399 g/mol. The Bertz CT molecular complexity index is 1150. The van der Waals surface area contributed by atoms with E-state index >= 15 is 0 Å². The van der Waals surface area contributed by atoms with Crippen molar-refractivity contribution < 1.29 is 14.3 Å². The maximum Gasteiger partial charge on any atom is 0.262 e. The Kier molecular flexibility index (Phi) is 5.81. The predicted octanol–water partition coefficient (Wildman–Crippen LogP) is 2.85. The van der Waals surface area contributed by atoms with Gasteiger partial charge in [-0.05, 0) is 48.1 Å². The van der Waals surface area contributed by atoms with Crippen LogP contribution in [0.5, 0.6) is 0 Å². The van der Waals surface area contributed by atoms with Crippen molar-refractivity contribution in [2.24, 2.45) is 0 Å². The molecule has 0 saturated carbocycles. The Morgan fingerprint density at radius 2 is 2.04 bits per heavy atom. The van der Waals surface area contributed by atoms with E-state index in [4.69, 9.17) is 12.2 Å². The van der Waals surface area contributed by atoms with Gasteiger partial charge in [0.2, 0.25) is 0 Å². The van der Waals surface area contributed by atoms with Gasteiger partial charge in [0.15, 0.2) is 4.77 Å². The van der Waals surface area contributed by atoms with Crippen molar-refractivity contribution in [2.75, 3.05) is 6.54 Å². The van der Waals surface area contributed by atoms with E-state index in [1.54, 1.807) is 12.1 Å². The Morgan fingerprint density at radius 3 is 2.71 bits per heavy atom. The topological polar surface area (TPSA) is 87.1 Å². The summed E-state index contributed by atoms with van der Waals surface area (Å²) in [6.45, 7) is 3.85. The number of allylic oxidation sites excluding steroid dienone is 1. The van der Waals surface area contributed by atoms with Crippen LogP contribution >= 0.6 is 12.2 Å². The summed E-state index contributed by atoms with van der Waals surface area (Å²) in [5, 5.41) is 13.1. The number of amides is 1. The third-order valence-corrected chi connectivity index (χ3v) is 4.59. The number of fused-ring (bicyclic) bond motifs is 1. The number of carbonyl (C=O) groups excluding carboxylic acids is 1. The van der Waals surface area contributed by atoms with E-state index in [2.05, 4.69) is 16.9 Å². The van der Waals surface area contributed by atoms with E-state index in [0.29, 0.717) is 22.0 Å². The second kappa shape index (κ2) is 8.28. The van der Waals surface area contributed by atoms with Gasteiger partial charge in [-0.1, -0.05) is 18.2 Å². The highest BCUT2D eigenvalue weighted by Gasteiger charge is 2.13. The molecular weight excluding hydrogens is 381 g/mol. The van der Waals surface area contributed by atoms with Crippen LogP contribution in [-0.2, 0) is 6.54 Å². The van der Waals surface area contributed by atoms with Gasteiger partial charge in [-0.3, -0.25) is 14.2 Å². The van der Waals surface area contributed by atoms with Crippen molar-refractivity contribution in [2.45, 2.75) is 12.6 Å². The molecule has 2 aromatic carbocycles. The van der Waals surface area contributed by atoms with Gasteiger partial charge >= 0.3 is 0 Å². The molecule has 0 fully saturated rings. The Labute approximate surface area is 165 Å². The summed E-state index contributed by atoms with van der Waals surface area (Å²) < 4.78 is 14.6. The van der Waals surface area contributed by atoms with Crippen LogP contribution in [0.25, 0.3) is 10.9 Å². The number of H-pyrrole nitrogens is 1. The van der Waals surface area contributed by atoms with E-state index in [1.807, 2.05) is 0 Å². The summed E-state index contributed by atoms with van der Waals surface area (Å²) in [7, 11) is 0. The van der Waals surface area contributed by atoms with Crippen LogP contribution in [0.15, 0.2) is 59.9 Å². The lowest BCUT2D eigenvalue weighted by Crippen LogP contribution is -2.28. The average molecular weight is 399 g/mol. The van der Waals surface area contributed by atoms with Crippen molar-refractivity contribution in [3.63, 3.8) is 0 Å². The summed E-state index contributed by atoms with van der Waals surface area (Å²) in [4.78, 5) is 27.8. The highest BCUT2D eigenvalue weighted by atomic mass is 32.1. The van der Waals surface area contributed by atoms with Crippen molar-refractivity contribution >= 4 is 29.0 Å². The number of nitrogens with zero attached hydrogens (tertiary/aromatic N) is 1. The molecule has 0 bridgehead atoms. The first-order chi connectivity index (χ1) is 13.4. The minimum Gasteiger partial charge on any atom is -0.387 e. The fourth-order valence-corrected chi connectivity index (χ4v) is 3.05. The first kappa shape index (κ1) is 19.7. The van der Waals surface area contributed by atoms with Crippen LogP contribution in [0, 0.1) is 10.6 Å². The van der Waals surface area contributed by atoms with Crippen molar-refractivity contribution in [3.8, 4) is 0 Å². The zero-order chi connectivity index (χ0) is 20.3. The number of aliphatic hydroxyl groups is 1. The lowest BCUT2D eigenvalue weighted by Gasteiger charge is -2.13. The lowest BCUT2D eigenvalue weighted by molar-refractivity contribution is 0.0916.